The predicted molar refractivity (Wildman–Crippen MR) is 123 cm³/mol. The van der Waals surface area contributed by atoms with Crippen LogP contribution in [0.5, 0.6) is 0 Å². The van der Waals surface area contributed by atoms with Crippen LogP contribution in [-0.4, -0.2) is 50.1 Å². The zero-order valence-corrected chi connectivity index (χ0v) is 18.3. The third-order valence-electron chi connectivity index (χ3n) is 5.30. The molecule has 2 saturated heterocycles. The first-order chi connectivity index (χ1) is 14.8. The molecule has 158 valence electrons. The number of amides is 2. The van der Waals surface area contributed by atoms with Crippen LogP contribution < -0.4 is 5.01 Å². The molecular formula is C21H18N4O4S2. The van der Waals surface area contributed by atoms with Gasteiger partial charge in [0.25, 0.3) is 17.5 Å². The predicted octanol–water partition coefficient (Wildman–Crippen LogP) is 3.45. The van der Waals surface area contributed by atoms with Crippen molar-refractivity contribution in [1.29, 1.82) is 0 Å². The van der Waals surface area contributed by atoms with Gasteiger partial charge in [-0.05, 0) is 30.7 Å². The van der Waals surface area contributed by atoms with Crippen molar-refractivity contribution >= 4 is 57.6 Å². The van der Waals surface area contributed by atoms with Gasteiger partial charge in [-0.3, -0.25) is 24.6 Å². The average molecular weight is 455 g/mol. The summed E-state index contributed by atoms with van der Waals surface area (Å²) in [5.41, 5.74) is 1.16. The van der Waals surface area contributed by atoms with Crippen LogP contribution in [-0.2, 0) is 9.59 Å². The lowest BCUT2D eigenvalue weighted by Crippen LogP contribution is -2.48. The molecule has 0 N–H and O–H groups in total. The molecule has 2 aromatic rings. The topological polar surface area (TPSA) is 87.0 Å². The van der Waals surface area contributed by atoms with E-state index in [-0.39, 0.29) is 27.9 Å². The molecule has 8 nitrogen and oxygen atoms in total. The molecular weight excluding hydrogens is 436 g/mol. The van der Waals surface area contributed by atoms with E-state index in [1.807, 2.05) is 37.3 Å². The highest BCUT2D eigenvalue weighted by molar-refractivity contribution is 8.26. The van der Waals surface area contributed by atoms with Crippen molar-refractivity contribution in [2.75, 3.05) is 12.1 Å². The van der Waals surface area contributed by atoms with Crippen LogP contribution in [0.15, 0.2) is 59.5 Å². The number of hydrogen-bond donors (Lipinski definition) is 0. The van der Waals surface area contributed by atoms with Gasteiger partial charge in [-0.25, -0.2) is 10.0 Å². The summed E-state index contributed by atoms with van der Waals surface area (Å²) in [5.74, 6) is -0.621. The van der Waals surface area contributed by atoms with E-state index in [9.17, 15) is 19.7 Å². The minimum absolute atomic E-state index is 0.0658. The number of anilines is 1. The molecule has 2 aromatic carbocycles. The van der Waals surface area contributed by atoms with E-state index in [0.29, 0.717) is 16.2 Å². The van der Waals surface area contributed by atoms with E-state index in [2.05, 4.69) is 0 Å². The number of para-hydroxylation sites is 1. The molecule has 10 heteroatoms. The van der Waals surface area contributed by atoms with Gasteiger partial charge in [-0.15, -0.1) is 0 Å². The Labute approximate surface area is 188 Å². The maximum absolute atomic E-state index is 13.3. The molecule has 4 rings (SSSR count). The molecule has 2 aliphatic heterocycles. The smallest absolute Gasteiger partial charge is 0.270 e. The molecule has 2 fully saturated rings. The number of benzene rings is 2. The molecule has 0 spiro atoms. The minimum Gasteiger partial charge on any atom is -0.278 e. The monoisotopic (exact) mass is 454 g/mol. The second-order valence-electron chi connectivity index (χ2n) is 7.15. The van der Waals surface area contributed by atoms with Crippen molar-refractivity contribution in [3.63, 3.8) is 0 Å². The number of carbonyl (C=O) groups excluding carboxylic acids is 2. The van der Waals surface area contributed by atoms with Crippen molar-refractivity contribution in [2.24, 2.45) is 0 Å². The summed E-state index contributed by atoms with van der Waals surface area (Å²) >= 11 is 6.53. The van der Waals surface area contributed by atoms with Crippen LogP contribution in [0, 0.1) is 10.1 Å². The Morgan fingerprint density at radius 1 is 1.13 bits per heavy atom. The second kappa shape index (κ2) is 8.22. The van der Waals surface area contributed by atoms with Gasteiger partial charge in [-0.2, -0.15) is 0 Å². The van der Waals surface area contributed by atoms with E-state index < -0.39 is 11.0 Å². The maximum Gasteiger partial charge on any atom is 0.270 e. The van der Waals surface area contributed by atoms with Crippen molar-refractivity contribution in [1.82, 2.24) is 9.91 Å². The third kappa shape index (κ3) is 3.73. The first-order valence-corrected chi connectivity index (χ1v) is 10.7. The number of nitro benzene ring substituents is 1. The lowest BCUT2D eigenvalue weighted by atomic mass is 10.1. The highest BCUT2D eigenvalue weighted by Crippen LogP contribution is 2.38. The quantitative estimate of drug-likeness (QED) is 0.303. The van der Waals surface area contributed by atoms with Crippen LogP contribution in [0.2, 0.25) is 0 Å². The minimum atomic E-state index is -0.770. The Balaban J connectivity index is 1.64. The van der Waals surface area contributed by atoms with E-state index in [1.165, 1.54) is 17.0 Å². The van der Waals surface area contributed by atoms with Crippen LogP contribution >= 0.6 is 24.0 Å². The maximum atomic E-state index is 13.3. The van der Waals surface area contributed by atoms with Crippen LogP contribution in [0.4, 0.5) is 11.4 Å². The first-order valence-electron chi connectivity index (χ1n) is 9.43. The van der Waals surface area contributed by atoms with Gasteiger partial charge in [0.1, 0.15) is 10.4 Å². The standard InChI is InChI=1S/C21H18N4O4S2/c1-13-18(20(27)24(22(13)2)15-8-4-3-5-9-15)23-19(26)17(31-21(23)30)12-14-7-6-10-16(11-14)25(28)29/h3-13,18H,1-2H3/b17-12-. The lowest BCUT2D eigenvalue weighted by Gasteiger charge is -2.26. The number of nitro groups is 1. The molecule has 0 bridgehead atoms. The van der Waals surface area contributed by atoms with Crippen LogP contribution in [0.3, 0.4) is 0 Å². The SMILES string of the molecule is CC1C(N2C(=O)/C(=C/c3cccc([N+](=O)[O-])c3)SC2=S)C(=O)N(c2ccccc2)N1C. The Kier molecular flexibility index (Phi) is 5.61. The second-order valence-corrected chi connectivity index (χ2v) is 8.82. The first kappa shape index (κ1) is 21.2. The fourth-order valence-corrected chi connectivity index (χ4v) is 5.01. The summed E-state index contributed by atoms with van der Waals surface area (Å²) in [7, 11) is 1.80. The van der Waals surface area contributed by atoms with Gasteiger partial charge in [0.15, 0.2) is 0 Å². The highest BCUT2D eigenvalue weighted by Gasteiger charge is 2.51. The number of hydrogen-bond acceptors (Lipinski definition) is 7. The molecule has 2 atom stereocenters. The molecule has 0 aliphatic carbocycles. The highest BCUT2D eigenvalue weighted by atomic mass is 32.2. The van der Waals surface area contributed by atoms with Crippen molar-refractivity contribution in [2.45, 2.75) is 19.0 Å². The van der Waals surface area contributed by atoms with E-state index in [4.69, 9.17) is 12.2 Å². The van der Waals surface area contributed by atoms with Crippen LogP contribution in [0.1, 0.15) is 12.5 Å². The van der Waals surface area contributed by atoms with E-state index in [1.54, 1.807) is 35.3 Å². The lowest BCUT2D eigenvalue weighted by molar-refractivity contribution is -0.384. The molecule has 2 aliphatic rings. The van der Waals surface area contributed by atoms with Crippen molar-refractivity contribution in [3.8, 4) is 0 Å². The summed E-state index contributed by atoms with van der Waals surface area (Å²) in [6.45, 7) is 1.87. The number of thiocarbonyl (C=S) groups is 1. The molecule has 0 aromatic heterocycles. The Morgan fingerprint density at radius 2 is 1.84 bits per heavy atom. The largest absolute Gasteiger partial charge is 0.278 e. The number of thioether (sulfide) groups is 1. The Morgan fingerprint density at radius 3 is 2.52 bits per heavy atom. The zero-order chi connectivity index (χ0) is 22.3. The molecule has 31 heavy (non-hydrogen) atoms. The van der Waals surface area contributed by atoms with E-state index in [0.717, 1.165) is 11.8 Å². The fourth-order valence-electron chi connectivity index (χ4n) is 3.68. The number of nitrogens with zero attached hydrogens (tertiary/aromatic N) is 4. The van der Waals surface area contributed by atoms with Crippen LogP contribution in [0.25, 0.3) is 6.08 Å². The third-order valence-corrected chi connectivity index (χ3v) is 6.64. The fraction of sp³-hybridized carbons (Fsp3) is 0.190. The van der Waals surface area contributed by atoms with Gasteiger partial charge in [0.05, 0.1) is 21.6 Å². The average Bonchev–Trinajstić information content (AvgIpc) is 3.14. The normalized spacial score (nSPS) is 23.3. The summed E-state index contributed by atoms with van der Waals surface area (Å²) < 4.78 is 0.287. The summed E-state index contributed by atoms with van der Waals surface area (Å²) in [4.78, 5) is 38.7. The molecule has 0 saturated carbocycles. The van der Waals surface area contributed by atoms with Crippen molar-refractivity contribution < 1.29 is 14.5 Å². The summed E-state index contributed by atoms with van der Waals surface area (Å²) in [6.07, 6.45) is 1.56. The van der Waals surface area contributed by atoms with Gasteiger partial charge in [-0.1, -0.05) is 54.3 Å². The summed E-state index contributed by atoms with van der Waals surface area (Å²) in [6, 6.07) is 14.1. The van der Waals surface area contributed by atoms with Crippen molar-refractivity contribution in [3.05, 3.63) is 75.2 Å². The van der Waals surface area contributed by atoms with Gasteiger partial charge < -0.3 is 0 Å². The number of rotatable bonds is 4. The van der Waals surface area contributed by atoms with Gasteiger partial charge in [0.2, 0.25) is 0 Å². The summed E-state index contributed by atoms with van der Waals surface area (Å²) in [5, 5.41) is 14.4. The number of carbonyl (C=O) groups is 2. The molecule has 2 heterocycles. The molecule has 0 radical (unpaired) electrons. The van der Waals surface area contributed by atoms with Gasteiger partial charge >= 0.3 is 0 Å². The zero-order valence-electron chi connectivity index (χ0n) is 16.7. The molecule has 2 unspecified atom stereocenters. The number of likely N-dealkylation sites (N-methyl/N-ethyl adjacent to an activating group) is 1. The molecule has 2 amide bonds. The van der Waals surface area contributed by atoms with E-state index >= 15 is 0 Å². The van der Waals surface area contributed by atoms with Gasteiger partial charge in [0, 0.05) is 19.2 Å². The Hall–Kier alpha value is -3.08. The number of non-ortho nitro benzene ring substituents is 1. The number of hydrazine groups is 1. The Bertz CT molecular complexity index is 1120.